The van der Waals surface area contributed by atoms with Crippen LogP contribution in [0.5, 0.6) is 0 Å². The lowest BCUT2D eigenvalue weighted by atomic mass is 9.98. The number of benzene rings is 2. The van der Waals surface area contributed by atoms with Crippen molar-refractivity contribution in [3.63, 3.8) is 0 Å². The molecule has 0 saturated heterocycles. The molecule has 0 saturated carbocycles. The number of nitrogens with one attached hydrogen (secondary N) is 1. The number of hydrogen-bond donors (Lipinski definition) is 2. The molecule has 1 atom stereocenters. The van der Waals surface area contributed by atoms with Crippen LogP contribution in [0.3, 0.4) is 0 Å². The highest BCUT2D eigenvalue weighted by Crippen LogP contribution is 2.44. The molecule has 4 rings (SSSR count). The summed E-state index contributed by atoms with van der Waals surface area (Å²) in [6.07, 6.45) is 0.621. The molecule has 1 aliphatic carbocycles. The summed E-state index contributed by atoms with van der Waals surface area (Å²) in [5, 5.41) is 11.9. The van der Waals surface area contributed by atoms with E-state index in [0.29, 0.717) is 5.56 Å². The van der Waals surface area contributed by atoms with E-state index >= 15 is 0 Å². The smallest absolute Gasteiger partial charge is 0.407 e. The number of ether oxygens (including phenoxy) is 1. The first-order valence-electron chi connectivity index (χ1n) is 9.94. The Morgan fingerprint density at radius 1 is 1.03 bits per heavy atom. The Balaban J connectivity index is 1.45. The number of hydrogen-bond acceptors (Lipinski definition) is 4. The Labute approximate surface area is 178 Å². The van der Waals surface area contributed by atoms with Crippen LogP contribution in [0.4, 0.5) is 4.79 Å². The number of aromatic nitrogens is 1. The van der Waals surface area contributed by atoms with Gasteiger partial charge in [-0.15, -0.1) is 0 Å². The fraction of sp³-hybridized carbons (Fsp3) is 0.208. The topological polar surface area (TPSA) is 97.6 Å². The lowest BCUT2D eigenvalue weighted by Crippen LogP contribution is -2.44. The maximum atomic E-state index is 12.4. The number of aryl methyl sites for hydroxylation is 1. The maximum Gasteiger partial charge on any atom is 0.407 e. The van der Waals surface area contributed by atoms with Gasteiger partial charge in [-0.1, -0.05) is 54.6 Å². The van der Waals surface area contributed by atoms with Crippen molar-refractivity contribution in [2.75, 3.05) is 6.61 Å². The zero-order chi connectivity index (χ0) is 22.0. The molecule has 2 N–H and O–H groups in total. The first-order chi connectivity index (χ1) is 15.0. The number of alkyl carbamates (subject to hydrolysis) is 1. The van der Waals surface area contributed by atoms with E-state index in [0.717, 1.165) is 22.3 Å². The monoisotopic (exact) mass is 418 g/mol. The molecule has 0 aliphatic heterocycles. The third-order valence-corrected chi connectivity index (χ3v) is 5.56. The highest BCUT2D eigenvalue weighted by atomic mass is 16.5. The number of carboxylic acid groups (broad SMARTS) is 1. The molecule has 0 bridgehead atoms. The summed E-state index contributed by atoms with van der Waals surface area (Å²) < 4.78 is 6.78. The van der Waals surface area contributed by atoms with Crippen molar-refractivity contribution in [2.45, 2.75) is 18.4 Å². The molecule has 0 spiro atoms. The van der Waals surface area contributed by atoms with Crippen LogP contribution in [0, 0.1) is 0 Å². The van der Waals surface area contributed by atoms with Gasteiger partial charge < -0.3 is 19.7 Å². The van der Waals surface area contributed by atoms with Gasteiger partial charge in [0.15, 0.2) is 0 Å². The van der Waals surface area contributed by atoms with E-state index in [1.54, 1.807) is 25.4 Å². The lowest BCUT2D eigenvalue weighted by molar-refractivity contribution is -0.139. The predicted octanol–water partition coefficient (Wildman–Crippen LogP) is 2.92. The van der Waals surface area contributed by atoms with Gasteiger partial charge in [0.25, 0.3) is 5.56 Å². The molecule has 7 heteroatoms. The van der Waals surface area contributed by atoms with Crippen molar-refractivity contribution in [1.29, 1.82) is 0 Å². The van der Waals surface area contributed by atoms with Crippen molar-refractivity contribution in [3.05, 3.63) is 93.9 Å². The number of rotatable bonds is 6. The Morgan fingerprint density at radius 2 is 1.65 bits per heavy atom. The fourth-order valence-corrected chi connectivity index (χ4v) is 4.01. The summed E-state index contributed by atoms with van der Waals surface area (Å²) in [5.74, 6) is -1.36. The van der Waals surface area contributed by atoms with Crippen LogP contribution >= 0.6 is 0 Å². The van der Waals surface area contributed by atoms with Gasteiger partial charge in [0, 0.05) is 31.1 Å². The summed E-state index contributed by atoms with van der Waals surface area (Å²) in [7, 11) is 1.58. The van der Waals surface area contributed by atoms with Crippen LogP contribution in [0.15, 0.2) is 71.7 Å². The molecule has 3 aromatic rings. The lowest BCUT2D eigenvalue weighted by Gasteiger charge is -2.17. The van der Waals surface area contributed by atoms with Gasteiger partial charge in [0.2, 0.25) is 0 Å². The quantitative estimate of drug-likeness (QED) is 0.642. The minimum atomic E-state index is -1.27. The molecular formula is C24H22N2O5. The van der Waals surface area contributed by atoms with Gasteiger partial charge in [-0.25, -0.2) is 9.59 Å². The number of carbonyl (C=O) groups is 2. The molecule has 1 heterocycles. The van der Waals surface area contributed by atoms with Crippen molar-refractivity contribution < 1.29 is 19.4 Å². The predicted molar refractivity (Wildman–Crippen MR) is 115 cm³/mol. The largest absolute Gasteiger partial charge is 0.480 e. The third kappa shape index (κ3) is 4.07. The van der Waals surface area contributed by atoms with Gasteiger partial charge in [-0.05, 0) is 28.3 Å². The van der Waals surface area contributed by atoms with Gasteiger partial charge in [-0.3, -0.25) is 4.79 Å². The van der Waals surface area contributed by atoms with E-state index in [1.807, 2.05) is 48.5 Å². The summed E-state index contributed by atoms with van der Waals surface area (Å²) in [4.78, 5) is 36.2. The standard InChI is InChI=1S/C24H22N2O5/c1-26-12-6-7-15(22(26)27)13-21(23(28)29)25-24(30)31-14-20-18-10-4-2-8-16(18)17-9-3-5-11-19(17)20/h2-12,20-21H,13-14H2,1H3,(H,25,30)(H,28,29)/t21-/m0/s1. The molecule has 1 aliphatic rings. The van der Waals surface area contributed by atoms with E-state index in [2.05, 4.69) is 5.32 Å². The number of aliphatic carboxylic acids is 1. The Bertz CT molecular complexity index is 1150. The molecule has 31 heavy (non-hydrogen) atoms. The normalized spacial score (nSPS) is 13.2. The van der Waals surface area contributed by atoms with Gasteiger partial charge in [0.1, 0.15) is 12.6 Å². The highest BCUT2D eigenvalue weighted by Gasteiger charge is 2.30. The van der Waals surface area contributed by atoms with Crippen molar-refractivity contribution in [1.82, 2.24) is 9.88 Å². The molecule has 2 aromatic carbocycles. The summed E-state index contributed by atoms with van der Waals surface area (Å²) in [6.45, 7) is 0.0826. The van der Waals surface area contributed by atoms with Crippen LogP contribution < -0.4 is 10.9 Å². The second kappa shape index (κ2) is 8.47. The average molecular weight is 418 g/mol. The molecule has 0 unspecified atom stereocenters. The number of pyridine rings is 1. The Kier molecular flexibility index (Phi) is 5.58. The zero-order valence-corrected chi connectivity index (χ0v) is 16.9. The summed E-state index contributed by atoms with van der Waals surface area (Å²) in [6, 6.07) is 17.8. The second-order valence-electron chi connectivity index (χ2n) is 7.51. The van der Waals surface area contributed by atoms with Crippen molar-refractivity contribution in [2.24, 2.45) is 7.05 Å². The van der Waals surface area contributed by atoms with Crippen molar-refractivity contribution in [3.8, 4) is 11.1 Å². The van der Waals surface area contributed by atoms with E-state index in [-0.39, 0.29) is 24.5 Å². The second-order valence-corrected chi connectivity index (χ2v) is 7.51. The highest BCUT2D eigenvalue weighted by molar-refractivity contribution is 5.81. The van der Waals surface area contributed by atoms with E-state index < -0.39 is 18.1 Å². The molecular weight excluding hydrogens is 396 g/mol. The minimum Gasteiger partial charge on any atom is -0.480 e. The number of carbonyl (C=O) groups excluding carboxylic acids is 1. The van der Waals surface area contributed by atoms with Crippen molar-refractivity contribution >= 4 is 12.1 Å². The Morgan fingerprint density at radius 3 is 2.26 bits per heavy atom. The first-order valence-corrected chi connectivity index (χ1v) is 9.94. The first kappa shape index (κ1) is 20.4. The average Bonchev–Trinajstić information content (AvgIpc) is 3.08. The van der Waals surface area contributed by atoms with Gasteiger partial charge in [0.05, 0.1) is 0 Å². The summed E-state index contributed by atoms with van der Waals surface area (Å²) in [5.41, 5.74) is 4.35. The molecule has 7 nitrogen and oxygen atoms in total. The SMILES string of the molecule is Cn1cccc(C[C@H](NC(=O)OCC2c3ccccc3-c3ccccc32)C(=O)O)c1=O. The maximum absolute atomic E-state index is 12.4. The molecule has 1 amide bonds. The van der Waals surface area contributed by atoms with Gasteiger partial charge in [-0.2, -0.15) is 0 Å². The number of fused-ring (bicyclic) bond motifs is 3. The van der Waals surface area contributed by atoms with Crippen LogP contribution in [-0.4, -0.2) is 34.4 Å². The third-order valence-electron chi connectivity index (χ3n) is 5.56. The fourth-order valence-electron chi connectivity index (χ4n) is 4.01. The minimum absolute atomic E-state index is 0.0826. The van der Waals surface area contributed by atoms with Gasteiger partial charge >= 0.3 is 12.1 Å². The zero-order valence-electron chi connectivity index (χ0n) is 16.9. The number of amides is 1. The van der Waals surface area contributed by atoms with E-state index in [9.17, 15) is 19.5 Å². The molecule has 0 radical (unpaired) electrons. The number of carboxylic acids is 1. The van der Waals surface area contributed by atoms with E-state index in [1.165, 1.54) is 4.57 Å². The van der Waals surface area contributed by atoms with Crippen LogP contribution in [0.1, 0.15) is 22.6 Å². The van der Waals surface area contributed by atoms with Crippen LogP contribution in [0.25, 0.3) is 11.1 Å². The summed E-state index contributed by atoms with van der Waals surface area (Å²) >= 11 is 0. The van der Waals surface area contributed by atoms with E-state index in [4.69, 9.17) is 4.74 Å². The van der Waals surface area contributed by atoms with Crippen LogP contribution in [-0.2, 0) is 23.0 Å². The Hall–Kier alpha value is -3.87. The molecule has 1 aromatic heterocycles. The van der Waals surface area contributed by atoms with Crippen LogP contribution in [0.2, 0.25) is 0 Å². The molecule has 158 valence electrons. The molecule has 0 fully saturated rings. The number of nitrogens with zero attached hydrogens (tertiary/aromatic N) is 1.